The van der Waals surface area contributed by atoms with Crippen molar-refractivity contribution in [2.75, 3.05) is 0 Å². The highest BCUT2D eigenvalue weighted by atomic mass is 16.7. The Kier molecular flexibility index (Phi) is 4.00. The van der Waals surface area contributed by atoms with Crippen LogP contribution in [0.3, 0.4) is 0 Å². The van der Waals surface area contributed by atoms with Gasteiger partial charge in [-0.2, -0.15) is 5.90 Å². The second-order valence-electron chi connectivity index (χ2n) is 4.63. The molecule has 2 aromatic rings. The van der Waals surface area contributed by atoms with E-state index in [4.69, 9.17) is 5.90 Å². The lowest BCUT2D eigenvalue weighted by atomic mass is 10.1. The summed E-state index contributed by atoms with van der Waals surface area (Å²) in [6.07, 6.45) is 0.0359. The van der Waals surface area contributed by atoms with Crippen LogP contribution in [0.4, 0.5) is 0 Å². The zero-order chi connectivity index (χ0) is 14.7. The number of hydrogen-bond acceptors (Lipinski definition) is 4. The minimum atomic E-state index is -0.541. The van der Waals surface area contributed by atoms with Gasteiger partial charge < -0.3 is 9.40 Å². The smallest absolute Gasteiger partial charge is 0.330 e. The lowest BCUT2D eigenvalue weighted by Gasteiger charge is -2.06. The minimum Gasteiger partial charge on any atom is -0.373 e. The number of carbonyl (C=O) groups excluding carboxylic acids is 2. The van der Waals surface area contributed by atoms with Crippen LogP contribution in [0.1, 0.15) is 27.3 Å². The van der Waals surface area contributed by atoms with Gasteiger partial charge in [-0.25, -0.2) is 4.79 Å². The quantitative estimate of drug-likeness (QED) is 0.676. The van der Waals surface area contributed by atoms with Crippen molar-refractivity contribution >= 4 is 11.8 Å². The maximum absolute atomic E-state index is 12.4. The number of carbonyl (C=O) groups is 2. The Bertz CT molecular complexity index is 642. The summed E-state index contributed by atoms with van der Waals surface area (Å²) in [6.45, 7) is 1.97. The fourth-order valence-electron chi connectivity index (χ4n) is 2.00. The fraction of sp³-hybridized carbons (Fsp3) is 0.200. The largest absolute Gasteiger partial charge is 0.373 e. The van der Waals surface area contributed by atoms with E-state index in [0.717, 1.165) is 5.56 Å². The average molecular weight is 272 g/mol. The summed E-state index contributed by atoms with van der Waals surface area (Å²) in [5.74, 6) is 4.19. The summed E-state index contributed by atoms with van der Waals surface area (Å²) >= 11 is 0. The predicted molar refractivity (Wildman–Crippen MR) is 74.0 cm³/mol. The van der Waals surface area contributed by atoms with E-state index in [0.29, 0.717) is 17.0 Å². The van der Waals surface area contributed by atoms with Gasteiger partial charge in [-0.1, -0.05) is 29.8 Å². The highest BCUT2D eigenvalue weighted by molar-refractivity contribution is 6.08. The number of nitrogens with two attached hydrogens (primary N) is 1. The van der Waals surface area contributed by atoms with E-state index >= 15 is 0 Å². The molecule has 5 nitrogen and oxygen atoms in total. The van der Waals surface area contributed by atoms with Crippen LogP contribution in [0.2, 0.25) is 0 Å². The van der Waals surface area contributed by atoms with E-state index in [1.165, 1.54) is 0 Å². The Hall–Kier alpha value is -2.40. The van der Waals surface area contributed by atoms with Gasteiger partial charge >= 0.3 is 5.97 Å². The summed E-state index contributed by atoms with van der Waals surface area (Å²) in [4.78, 5) is 27.7. The summed E-state index contributed by atoms with van der Waals surface area (Å²) in [6, 6.07) is 10.8. The highest BCUT2D eigenvalue weighted by Crippen LogP contribution is 2.14. The molecular formula is C15H16N2O3. The SMILES string of the molecule is Cc1ccc(C(=O)c2ccc(CC(=O)ON)n2C)cc1. The van der Waals surface area contributed by atoms with Crippen molar-refractivity contribution in [1.29, 1.82) is 0 Å². The third-order valence-electron chi connectivity index (χ3n) is 3.23. The van der Waals surface area contributed by atoms with Crippen molar-refractivity contribution in [3.8, 4) is 0 Å². The van der Waals surface area contributed by atoms with Gasteiger partial charge in [0.05, 0.1) is 12.1 Å². The Morgan fingerprint density at radius 3 is 2.40 bits per heavy atom. The highest BCUT2D eigenvalue weighted by Gasteiger charge is 2.16. The first-order valence-electron chi connectivity index (χ1n) is 6.18. The molecule has 0 saturated heterocycles. The lowest BCUT2D eigenvalue weighted by Crippen LogP contribution is -2.16. The molecule has 0 spiro atoms. The predicted octanol–water partition coefficient (Wildman–Crippen LogP) is 1.52. The molecule has 1 aromatic carbocycles. The van der Waals surface area contributed by atoms with Gasteiger partial charge in [0.15, 0.2) is 0 Å². The van der Waals surface area contributed by atoms with E-state index in [1.807, 2.05) is 19.1 Å². The van der Waals surface area contributed by atoms with Gasteiger partial charge in [0.2, 0.25) is 5.78 Å². The van der Waals surface area contributed by atoms with E-state index in [-0.39, 0.29) is 12.2 Å². The number of hydrogen-bond donors (Lipinski definition) is 1. The summed E-state index contributed by atoms with van der Waals surface area (Å²) < 4.78 is 1.68. The molecule has 20 heavy (non-hydrogen) atoms. The van der Waals surface area contributed by atoms with E-state index in [1.54, 1.807) is 35.9 Å². The van der Waals surface area contributed by atoms with Gasteiger partial charge in [0.1, 0.15) is 0 Å². The van der Waals surface area contributed by atoms with Gasteiger partial charge in [-0.15, -0.1) is 0 Å². The molecule has 0 aliphatic heterocycles. The topological polar surface area (TPSA) is 74.3 Å². The summed E-state index contributed by atoms with van der Waals surface area (Å²) in [5, 5.41) is 0. The van der Waals surface area contributed by atoms with Crippen LogP contribution in [0.25, 0.3) is 0 Å². The maximum Gasteiger partial charge on any atom is 0.330 e. The third-order valence-corrected chi connectivity index (χ3v) is 3.23. The molecule has 2 N–H and O–H groups in total. The number of aryl methyl sites for hydroxylation is 1. The van der Waals surface area contributed by atoms with Crippen LogP contribution in [-0.2, 0) is 23.1 Å². The second-order valence-corrected chi connectivity index (χ2v) is 4.63. The van der Waals surface area contributed by atoms with Gasteiger partial charge in [0, 0.05) is 18.3 Å². The van der Waals surface area contributed by atoms with Crippen LogP contribution >= 0.6 is 0 Å². The Labute approximate surface area is 116 Å². The lowest BCUT2D eigenvalue weighted by molar-refractivity contribution is -0.143. The molecular weight excluding hydrogens is 256 g/mol. The molecule has 0 aliphatic rings. The zero-order valence-corrected chi connectivity index (χ0v) is 11.4. The summed E-state index contributed by atoms with van der Waals surface area (Å²) in [5.41, 5.74) is 2.91. The first kappa shape index (κ1) is 14.0. The monoisotopic (exact) mass is 272 g/mol. The van der Waals surface area contributed by atoms with Crippen molar-refractivity contribution in [1.82, 2.24) is 4.57 Å². The number of benzene rings is 1. The first-order chi connectivity index (χ1) is 9.52. The molecule has 2 rings (SSSR count). The van der Waals surface area contributed by atoms with Gasteiger partial charge in [-0.05, 0) is 19.1 Å². The standard InChI is InChI=1S/C15H16N2O3/c1-10-3-5-11(6-4-10)15(19)13-8-7-12(17(13)2)9-14(18)20-16/h3-8H,9,16H2,1-2H3. The van der Waals surface area contributed by atoms with Crippen LogP contribution < -0.4 is 5.90 Å². The van der Waals surface area contributed by atoms with Crippen LogP contribution in [0, 0.1) is 6.92 Å². The third kappa shape index (κ3) is 2.78. The molecule has 5 heteroatoms. The van der Waals surface area contributed by atoms with Crippen molar-refractivity contribution in [2.45, 2.75) is 13.3 Å². The molecule has 0 saturated carbocycles. The van der Waals surface area contributed by atoms with Crippen LogP contribution in [0.5, 0.6) is 0 Å². The molecule has 0 radical (unpaired) electrons. The summed E-state index contributed by atoms with van der Waals surface area (Å²) in [7, 11) is 1.74. The van der Waals surface area contributed by atoms with E-state index < -0.39 is 5.97 Å². The maximum atomic E-state index is 12.4. The van der Waals surface area contributed by atoms with Crippen LogP contribution in [-0.4, -0.2) is 16.3 Å². The Morgan fingerprint density at radius 2 is 1.80 bits per heavy atom. The Balaban J connectivity index is 2.27. The average Bonchev–Trinajstić information content (AvgIpc) is 2.80. The second kappa shape index (κ2) is 5.71. The molecule has 104 valence electrons. The fourth-order valence-corrected chi connectivity index (χ4v) is 2.00. The van der Waals surface area contributed by atoms with E-state index in [2.05, 4.69) is 4.84 Å². The molecule has 0 atom stereocenters. The normalized spacial score (nSPS) is 10.3. The number of aromatic nitrogens is 1. The minimum absolute atomic E-state index is 0.0359. The van der Waals surface area contributed by atoms with Crippen molar-refractivity contribution in [3.05, 3.63) is 58.9 Å². The molecule has 0 bridgehead atoms. The molecule has 0 unspecified atom stereocenters. The molecule has 1 aromatic heterocycles. The van der Waals surface area contributed by atoms with Crippen molar-refractivity contribution in [3.63, 3.8) is 0 Å². The number of nitrogens with zero attached hydrogens (tertiary/aromatic N) is 1. The Morgan fingerprint density at radius 1 is 1.15 bits per heavy atom. The molecule has 0 amide bonds. The first-order valence-corrected chi connectivity index (χ1v) is 6.18. The molecule has 0 fully saturated rings. The van der Waals surface area contributed by atoms with Crippen molar-refractivity contribution in [2.24, 2.45) is 12.9 Å². The van der Waals surface area contributed by atoms with Gasteiger partial charge in [0.25, 0.3) is 0 Å². The molecule has 0 aliphatic carbocycles. The number of rotatable bonds is 4. The van der Waals surface area contributed by atoms with E-state index in [9.17, 15) is 9.59 Å². The van der Waals surface area contributed by atoms with Gasteiger partial charge in [-0.3, -0.25) is 4.79 Å². The molecule has 1 heterocycles. The van der Waals surface area contributed by atoms with Crippen molar-refractivity contribution < 1.29 is 14.4 Å². The van der Waals surface area contributed by atoms with Crippen LogP contribution in [0.15, 0.2) is 36.4 Å². The zero-order valence-electron chi connectivity index (χ0n) is 11.4. The number of ketones is 1.